The van der Waals surface area contributed by atoms with Crippen LogP contribution in [0.3, 0.4) is 0 Å². The lowest BCUT2D eigenvalue weighted by atomic mass is 9.99. The number of hydrogen-bond donors (Lipinski definition) is 6. The lowest BCUT2D eigenvalue weighted by molar-refractivity contribution is -0.120. The Hall–Kier alpha value is -4.01. The van der Waals surface area contributed by atoms with Crippen molar-refractivity contribution in [3.63, 3.8) is 0 Å². The summed E-state index contributed by atoms with van der Waals surface area (Å²) in [6.07, 6.45) is 23.9. The smallest absolute Gasteiger partial charge is 0.239 e. The predicted molar refractivity (Wildman–Crippen MR) is 219 cm³/mol. The summed E-state index contributed by atoms with van der Waals surface area (Å²) in [6, 6.07) is 9.93. The number of aliphatic imine (C=N–C) groups is 1. The number of carbonyl (C=O) groups excluding carboxylic acids is 2. The normalized spacial score (nSPS) is 16.7. The molecule has 0 radical (unpaired) electrons. The Balaban J connectivity index is 0.000000766. The van der Waals surface area contributed by atoms with Crippen molar-refractivity contribution >= 4 is 18.3 Å². The van der Waals surface area contributed by atoms with Gasteiger partial charge in [0.25, 0.3) is 0 Å². The summed E-state index contributed by atoms with van der Waals surface area (Å²) in [5, 5.41) is 9.12. The fourth-order valence-electron chi connectivity index (χ4n) is 5.81. The van der Waals surface area contributed by atoms with Gasteiger partial charge in [-0.3, -0.25) is 14.6 Å². The number of nitrogens with two attached hydrogens (primary N) is 3. The van der Waals surface area contributed by atoms with E-state index in [-0.39, 0.29) is 17.9 Å². The van der Waals surface area contributed by atoms with Crippen LogP contribution in [0.1, 0.15) is 130 Å². The molecule has 0 heterocycles. The number of nitrogens with zero attached hydrogens (tertiary/aromatic N) is 1. The van der Waals surface area contributed by atoms with Gasteiger partial charge in [-0.05, 0) is 88.1 Å². The average Bonchev–Trinajstić information content (AvgIpc) is 3.33. The molecule has 4 unspecified atom stereocenters. The SMILES string of the molecule is C=C(NC(CCCN=C(N)N)C(N)=O)C(C)CCCCCC.C=CN/C=C1\CCCCC(C)C1.CCCC=C(C)C(Cc1ccccc1)NC=O. The quantitative estimate of drug-likeness (QED) is 0.0179. The van der Waals surface area contributed by atoms with Crippen LogP contribution < -0.4 is 33.2 Å². The molecular formula is C42H73N7O2. The number of guanidine groups is 1. The fraction of sp³-hybridized carbons (Fsp3) is 0.595. The van der Waals surface area contributed by atoms with Crippen LogP contribution >= 0.6 is 0 Å². The molecule has 2 amide bonds. The summed E-state index contributed by atoms with van der Waals surface area (Å²) in [5.74, 6) is 0.888. The Morgan fingerprint density at radius 2 is 1.75 bits per heavy atom. The molecule has 1 aromatic rings. The van der Waals surface area contributed by atoms with Crippen LogP contribution in [0, 0.1) is 11.8 Å². The standard InChI is InChI=1S/C16H33N5O.C15H21NO.C11H19N/c1-4-5-6-7-9-12(2)13(3)21-14(15(17)22)10-8-11-20-16(18)19;1-3-4-8-13(2)15(16-12-17)11-14-9-6-5-7-10-14;1-3-12-9-11-7-5-4-6-10(2)8-11/h12,14,21H,3-11H2,1-2H3,(H2,17,22)(H4,18,19,20);5-10,12,15H,3-4,11H2,1-2H3,(H,16,17);3,9-10,12H,1,4-8H2,2H3/b;;11-9+. The van der Waals surface area contributed by atoms with Crippen LogP contribution in [0.2, 0.25) is 0 Å². The summed E-state index contributed by atoms with van der Waals surface area (Å²) < 4.78 is 0. The lowest BCUT2D eigenvalue weighted by Gasteiger charge is -2.22. The van der Waals surface area contributed by atoms with Crippen molar-refractivity contribution in [3.05, 3.63) is 84.4 Å². The van der Waals surface area contributed by atoms with E-state index < -0.39 is 6.04 Å². The van der Waals surface area contributed by atoms with Crippen LogP contribution in [0.4, 0.5) is 0 Å². The summed E-state index contributed by atoms with van der Waals surface area (Å²) in [7, 11) is 0. The van der Waals surface area contributed by atoms with Gasteiger partial charge in [0.05, 0.1) is 6.04 Å². The minimum atomic E-state index is -0.417. The first-order valence-corrected chi connectivity index (χ1v) is 19.2. The Labute approximate surface area is 311 Å². The van der Waals surface area contributed by atoms with Crippen LogP contribution in [-0.2, 0) is 16.0 Å². The fourth-order valence-corrected chi connectivity index (χ4v) is 5.81. The molecule has 2 rings (SSSR count). The molecule has 1 fully saturated rings. The van der Waals surface area contributed by atoms with Gasteiger partial charge in [-0.1, -0.05) is 133 Å². The van der Waals surface area contributed by atoms with E-state index in [2.05, 4.69) is 93.1 Å². The van der Waals surface area contributed by atoms with Crippen LogP contribution in [0.15, 0.2) is 83.8 Å². The highest BCUT2D eigenvalue weighted by atomic mass is 16.1. The molecule has 1 aliphatic carbocycles. The zero-order valence-corrected chi connectivity index (χ0v) is 32.7. The van der Waals surface area contributed by atoms with Gasteiger partial charge < -0.3 is 33.2 Å². The van der Waals surface area contributed by atoms with Crippen LogP contribution in [0.5, 0.6) is 0 Å². The molecule has 4 atom stereocenters. The zero-order chi connectivity index (χ0) is 38.3. The topological polar surface area (TPSA) is 161 Å². The number of carbonyl (C=O) groups is 2. The third-order valence-corrected chi connectivity index (χ3v) is 9.05. The molecule has 9 nitrogen and oxygen atoms in total. The van der Waals surface area contributed by atoms with Gasteiger partial charge in [0.15, 0.2) is 5.96 Å². The third-order valence-electron chi connectivity index (χ3n) is 9.05. The van der Waals surface area contributed by atoms with Gasteiger partial charge >= 0.3 is 0 Å². The molecular weight excluding hydrogens is 635 g/mol. The number of hydrogen-bond acceptors (Lipinski definition) is 5. The maximum Gasteiger partial charge on any atom is 0.239 e. The molecule has 9 heteroatoms. The Morgan fingerprint density at radius 1 is 1.02 bits per heavy atom. The van der Waals surface area contributed by atoms with E-state index in [0.717, 1.165) is 43.7 Å². The van der Waals surface area contributed by atoms with Crippen molar-refractivity contribution in [2.24, 2.45) is 34.0 Å². The number of allylic oxidation sites excluding steroid dienone is 3. The summed E-state index contributed by atoms with van der Waals surface area (Å²) in [6.45, 7) is 19.1. The third kappa shape index (κ3) is 25.6. The largest absolute Gasteiger partial charge is 0.377 e. The van der Waals surface area contributed by atoms with Crippen molar-refractivity contribution in [2.75, 3.05) is 6.54 Å². The Kier molecular flexibility index (Phi) is 28.4. The highest BCUT2D eigenvalue weighted by Crippen LogP contribution is 2.26. The first-order chi connectivity index (χ1) is 24.5. The average molecular weight is 708 g/mol. The molecule has 0 aliphatic heterocycles. The molecule has 9 N–H and O–H groups in total. The summed E-state index contributed by atoms with van der Waals surface area (Å²) in [5.41, 5.74) is 20.9. The second kappa shape index (κ2) is 30.8. The molecule has 1 saturated carbocycles. The van der Waals surface area contributed by atoms with Crippen molar-refractivity contribution in [1.29, 1.82) is 0 Å². The number of nitrogens with one attached hydrogen (secondary N) is 3. The monoisotopic (exact) mass is 708 g/mol. The summed E-state index contributed by atoms with van der Waals surface area (Å²) in [4.78, 5) is 26.1. The second-order valence-corrected chi connectivity index (χ2v) is 13.8. The zero-order valence-electron chi connectivity index (χ0n) is 32.7. The van der Waals surface area contributed by atoms with Crippen molar-refractivity contribution in [1.82, 2.24) is 16.0 Å². The molecule has 0 aromatic heterocycles. The van der Waals surface area contributed by atoms with Gasteiger partial charge in [-0.25, -0.2) is 0 Å². The maximum atomic E-state index is 11.5. The van der Waals surface area contributed by atoms with Crippen LogP contribution in [-0.4, -0.2) is 36.9 Å². The van der Waals surface area contributed by atoms with Gasteiger partial charge in [0.2, 0.25) is 12.3 Å². The minimum Gasteiger partial charge on any atom is -0.377 e. The van der Waals surface area contributed by atoms with E-state index in [1.165, 1.54) is 68.9 Å². The van der Waals surface area contributed by atoms with E-state index in [4.69, 9.17) is 17.2 Å². The van der Waals surface area contributed by atoms with Crippen LogP contribution in [0.25, 0.3) is 0 Å². The van der Waals surface area contributed by atoms with E-state index in [9.17, 15) is 9.59 Å². The number of primary amides is 1. The van der Waals surface area contributed by atoms with Gasteiger partial charge in [0.1, 0.15) is 6.04 Å². The lowest BCUT2D eigenvalue weighted by Crippen LogP contribution is -2.41. The minimum absolute atomic E-state index is 0.0636. The van der Waals surface area contributed by atoms with Gasteiger partial charge in [-0.2, -0.15) is 0 Å². The molecule has 0 spiro atoms. The highest BCUT2D eigenvalue weighted by molar-refractivity contribution is 5.80. The van der Waals surface area contributed by atoms with E-state index in [1.807, 2.05) is 18.2 Å². The van der Waals surface area contributed by atoms with Crippen molar-refractivity contribution in [2.45, 2.75) is 143 Å². The molecule has 0 bridgehead atoms. The van der Waals surface area contributed by atoms with Gasteiger partial charge in [-0.15, -0.1) is 0 Å². The molecule has 51 heavy (non-hydrogen) atoms. The number of benzene rings is 1. The molecule has 288 valence electrons. The van der Waals surface area contributed by atoms with Crippen molar-refractivity contribution in [3.8, 4) is 0 Å². The summed E-state index contributed by atoms with van der Waals surface area (Å²) >= 11 is 0. The van der Waals surface area contributed by atoms with Gasteiger partial charge in [0, 0.05) is 12.2 Å². The van der Waals surface area contributed by atoms with Crippen molar-refractivity contribution < 1.29 is 9.59 Å². The Morgan fingerprint density at radius 3 is 2.35 bits per heavy atom. The number of unbranched alkanes of at least 4 members (excludes halogenated alkanes) is 4. The first-order valence-electron chi connectivity index (χ1n) is 19.2. The first kappa shape index (κ1) is 47.0. The van der Waals surface area contributed by atoms with E-state index in [1.54, 1.807) is 11.8 Å². The second-order valence-electron chi connectivity index (χ2n) is 13.8. The highest BCUT2D eigenvalue weighted by Gasteiger charge is 2.17. The maximum absolute atomic E-state index is 11.5. The molecule has 1 aromatic carbocycles. The predicted octanol–water partition coefficient (Wildman–Crippen LogP) is 7.90. The Bertz CT molecular complexity index is 1170. The molecule has 0 saturated heterocycles. The number of rotatable bonds is 22. The number of amides is 2. The molecule has 1 aliphatic rings. The van der Waals surface area contributed by atoms with E-state index in [0.29, 0.717) is 25.3 Å². The van der Waals surface area contributed by atoms with E-state index >= 15 is 0 Å².